The topological polar surface area (TPSA) is 128 Å². The Morgan fingerprint density at radius 3 is 1.31 bits per heavy atom. The van der Waals surface area contributed by atoms with Gasteiger partial charge in [0.15, 0.2) is 28.9 Å². The molecule has 10 heterocycles. The van der Waals surface area contributed by atoms with Crippen LogP contribution in [-0.2, 0) is 5.41 Å². The minimum atomic E-state index is -1.03. The lowest BCUT2D eigenvalue weighted by atomic mass is 9.74. The summed E-state index contributed by atoms with van der Waals surface area (Å²) in [6.07, 6.45) is 6.29. The summed E-state index contributed by atoms with van der Waals surface area (Å²) in [6, 6.07) is 62.5. The third kappa shape index (κ3) is 9.53. The highest BCUT2D eigenvalue weighted by atomic mass is 32.2. The molecular weight excluding hydrogens is 1440 g/mol. The fourth-order valence-electron chi connectivity index (χ4n) is 15.5. The van der Waals surface area contributed by atoms with Crippen molar-refractivity contribution in [3.63, 3.8) is 0 Å². The SMILES string of the molecule is CC1(C)c2ccccc2N(c2ccc(/C=C3/C(=O)c4cc5cscc5cc4C3O)s2)c2ncc(-c3ccc4c(c3)N(c3ccc(C=C5C(=O)c6cc7cscc7cc6C5=O)s3)c3cc(-c5ccc6c(c5)N(c5ccc(C=C7C(=O)c8cc9cscc9cc8C7=O)s5)c5ccccc5S6)ccc3S4)cc21. The quantitative estimate of drug-likeness (QED) is 0.115. The lowest BCUT2D eigenvalue weighted by Gasteiger charge is -2.40. The van der Waals surface area contributed by atoms with Crippen molar-refractivity contribution in [1.29, 1.82) is 0 Å². The number of aliphatic hydroxyl groups is 1. The molecule has 0 saturated heterocycles. The first-order valence-electron chi connectivity index (χ1n) is 33.5. The predicted octanol–water partition coefficient (Wildman–Crippen LogP) is 24.5. The zero-order valence-electron chi connectivity index (χ0n) is 54.7. The summed E-state index contributed by atoms with van der Waals surface area (Å²) >= 11 is 12.7. The minimum Gasteiger partial charge on any atom is -0.383 e. The molecule has 1 atom stereocenters. The largest absolute Gasteiger partial charge is 0.383 e. The molecule has 0 bridgehead atoms. The van der Waals surface area contributed by atoms with E-state index < -0.39 is 11.5 Å². The first-order chi connectivity index (χ1) is 50.7. The highest BCUT2D eigenvalue weighted by Gasteiger charge is 2.41. The number of Topliss-reactive ketones (excluding diaryl/α,β-unsaturated/α-hetero) is 5. The summed E-state index contributed by atoms with van der Waals surface area (Å²) in [5.41, 5.74) is 14.2. The number of carbonyl (C=O) groups is 5. The number of hydrogen-bond acceptors (Lipinski definition) is 18. The molecule has 0 radical (unpaired) electrons. The fraction of sp³-hybridized carbons (Fsp3) is 0.0465. The minimum absolute atomic E-state index is 0.152. The summed E-state index contributed by atoms with van der Waals surface area (Å²) < 4.78 is 0. The van der Waals surface area contributed by atoms with E-state index in [-0.39, 0.29) is 40.1 Å². The molecule has 1 unspecified atom stereocenters. The second-order valence-electron chi connectivity index (χ2n) is 27.0. The average Bonchev–Trinajstić information content (AvgIpc) is 1.06. The molecule has 0 amide bonds. The van der Waals surface area contributed by atoms with E-state index in [1.54, 1.807) is 81.0 Å². The van der Waals surface area contributed by atoms with Gasteiger partial charge < -0.3 is 5.11 Å². The van der Waals surface area contributed by atoms with Gasteiger partial charge in [-0.2, -0.15) is 34.0 Å². The molecule has 15 aromatic rings. The van der Waals surface area contributed by atoms with E-state index in [0.717, 1.165) is 149 Å². The van der Waals surface area contributed by atoms with Gasteiger partial charge in [0.2, 0.25) is 0 Å². The smallest absolute Gasteiger partial charge is 0.197 e. The highest BCUT2D eigenvalue weighted by Crippen LogP contribution is 2.59. The van der Waals surface area contributed by atoms with Crippen LogP contribution in [-0.4, -0.2) is 39.0 Å². The zero-order chi connectivity index (χ0) is 69.7. The van der Waals surface area contributed by atoms with Gasteiger partial charge in [-0.1, -0.05) is 85.9 Å². The molecule has 0 fully saturated rings. The molecular formula is C86H48N4O6S8. The molecule has 6 aliphatic rings. The molecule has 8 aromatic carbocycles. The molecule has 0 spiro atoms. The number of carbonyl (C=O) groups excluding carboxylic acids is 5. The van der Waals surface area contributed by atoms with Crippen molar-refractivity contribution in [2.24, 2.45) is 0 Å². The Kier molecular flexibility index (Phi) is 13.9. The van der Waals surface area contributed by atoms with Crippen LogP contribution >= 0.6 is 91.5 Å². The number of benzene rings is 8. The Balaban J connectivity index is 0.653. The fourth-order valence-corrected chi connectivity index (χ4v) is 22.7. The van der Waals surface area contributed by atoms with Crippen LogP contribution in [0.1, 0.15) is 103 Å². The van der Waals surface area contributed by atoms with Gasteiger partial charge in [-0.25, -0.2) is 4.98 Å². The lowest BCUT2D eigenvalue weighted by Crippen LogP contribution is -2.31. The van der Waals surface area contributed by atoms with Crippen molar-refractivity contribution in [3.05, 3.63) is 296 Å². The Morgan fingerprint density at radius 2 is 0.798 bits per heavy atom. The number of fused-ring (bicyclic) bond motifs is 12. The number of nitrogens with zero attached hydrogens (tertiary/aromatic N) is 4. The van der Waals surface area contributed by atoms with Gasteiger partial charge in [0.05, 0.1) is 39.6 Å². The number of allylic oxidation sites excluding steroid dienone is 2. The van der Waals surface area contributed by atoms with E-state index in [1.807, 2.05) is 99.2 Å². The van der Waals surface area contributed by atoms with Crippen LogP contribution in [0, 0.1) is 0 Å². The molecule has 7 aromatic heterocycles. The summed E-state index contributed by atoms with van der Waals surface area (Å²) in [5.74, 6) is -0.399. The third-order valence-electron chi connectivity index (χ3n) is 20.7. The maximum absolute atomic E-state index is 14.2. The van der Waals surface area contributed by atoms with E-state index in [9.17, 15) is 29.1 Å². The molecule has 104 heavy (non-hydrogen) atoms. The van der Waals surface area contributed by atoms with E-state index in [1.165, 1.54) is 22.7 Å². The Labute approximate surface area is 627 Å². The number of hydrogen-bond donors (Lipinski definition) is 1. The van der Waals surface area contributed by atoms with Crippen molar-refractivity contribution < 1.29 is 29.1 Å². The number of anilines is 9. The van der Waals surface area contributed by atoms with Gasteiger partial charge >= 0.3 is 0 Å². The van der Waals surface area contributed by atoms with E-state index >= 15 is 0 Å². The summed E-state index contributed by atoms with van der Waals surface area (Å²) in [6.45, 7) is 4.51. The average molecular weight is 1490 g/mol. The molecule has 0 saturated carbocycles. The van der Waals surface area contributed by atoms with Crippen molar-refractivity contribution in [2.45, 2.75) is 44.9 Å². The van der Waals surface area contributed by atoms with Crippen LogP contribution in [0.3, 0.4) is 0 Å². The Morgan fingerprint density at radius 1 is 0.385 bits per heavy atom. The molecule has 21 rings (SSSR count). The summed E-state index contributed by atoms with van der Waals surface area (Å²) in [7, 11) is 0. The van der Waals surface area contributed by atoms with Crippen LogP contribution in [0.4, 0.5) is 49.3 Å². The van der Waals surface area contributed by atoms with Crippen molar-refractivity contribution in [1.82, 2.24) is 4.98 Å². The van der Waals surface area contributed by atoms with Crippen LogP contribution in [0.15, 0.2) is 257 Å². The van der Waals surface area contributed by atoms with Crippen LogP contribution in [0.2, 0.25) is 0 Å². The number of ketones is 5. The molecule has 3 aliphatic heterocycles. The highest BCUT2D eigenvalue weighted by molar-refractivity contribution is 8.00. The van der Waals surface area contributed by atoms with E-state index in [2.05, 4.69) is 156 Å². The van der Waals surface area contributed by atoms with E-state index in [0.29, 0.717) is 39.0 Å². The third-order valence-corrected chi connectivity index (χ3v) is 28.3. The second kappa shape index (κ2) is 23.3. The van der Waals surface area contributed by atoms with Crippen LogP contribution < -0.4 is 14.7 Å². The number of aromatic nitrogens is 1. The zero-order valence-corrected chi connectivity index (χ0v) is 61.2. The standard InChI is InChI=1S/C86H48N4O6S8/c1-86(2)65-7-3-4-8-67(65)90(78-22-16-55(102-78)35-64-83(95)60-27-51-41-99-42-52(51)28-61(60)84(64)96)85-66(86)29-46(36-87-85)45-13-19-75-71(32-45)89(77-21-15-54(101-77)34-63-81(93)58-25-49-39-98-40-50(49)26-59(58)82(63)94)70-31-44(12-18-74(70)104-75)43-11-17-73-69(30-43)88(68-9-5-6-10-72(68)103-73)76-20-14-53(100-76)33-62-79(91)56-23-47-37-97-38-48(47)24-57(56)80(62)92/h3-42,83,95H,1-2H3/b64-35+. The van der Waals surface area contributed by atoms with Crippen LogP contribution in [0.25, 0.3) is 72.8 Å². The van der Waals surface area contributed by atoms with Crippen molar-refractivity contribution >= 4 is 220 Å². The van der Waals surface area contributed by atoms with Gasteiger partial charge in [0.25, 0.3) is 0 Å². The van der Waals surface area contributed by atoms with Gasteiger partial charge in [-0.3, -0.25) is 38.7 Å². The molecule has 18 heteroatoms. The molecule has 496 valence electrons. The first-order valence-corrected chi connectivity index (χ1v) is 40.4. The predicted molar refractivity (Wildman–Crippen MR) is 429 cm³/mol. The number of pyridine rings is 1. The maximum Gasteiger partial charge on any atom is 0.197 e. The monoisotopic (exact) mass is 1490 g/mol. The molecule has 1 N–H and O–H groups in total. The molecule has 3 aliphatic carbocycles. The Bertz CT molecular complexity index is 6440. The number of rotatable bonds is 8. The lowest BCUT2D eigenvalue weighted by molar-refractivity contribution is 0.0975. The first kappa shape index (κ1) is 62.1. The van der Waals surface area contributed by atoms with Gasteiger partial charge in [0, 0.05) is 90.3 Å². The Hall–Kier alpha value is -10.5. The van der Waals surface area contributed by atoms with Crippen molar-refractivity contribution in [2.75, 3.05) is 14.7 Å². The van der Waals surface area contributed by atoms with Gasteiger partial charge in [-0.15, -0.1) is 34.0 Å². The summed E-state index contributed by atoms with van der Waals surface area (Å²) in [5, 5.41) is 32.3. The number of para-hydroxylation sites is 2. The second-order valence-corrected chi connectivity index (χ2v) is 34.7. The normalized spacial score (nSPS) is 16.3. The summed E-state index contributed by atoms with van der Waals surface area (Å²) in [4.78, 5) is 89.2. The van der Waals surface area contributed by atoms with E-state index in [4.69, 9.17) is 4.98 Å². The van der Waals surface area contributed by atoms with Crippen LogP contribution in [0.5, 0.6) is 0 Å². The molecule has 10 nitrogen and oxygen atoms in total. The van der Waals surface area contributed by atoms with Crippen molar-refractivity contribution in [3.8, 4) is 22.3 Å². The number of aliphatic hydroxyl groups excluding tert-OH is 1. The maximum atomic E-state index is 14.2. The van der Waals surface area contributed by atoms with Gasteiger partial charge in [0.1, 0.15) is 26.9 Å². The number of thiophene rings is 6. The van der Waals surface area contributed by atoms with Gasteiger partial charge in [-0.05, 0) is 244 Å².